The fourth-order valence-electron chi connectivity index (χ4n) is 2.66. The van der Waals surface area contributed by atoms with Gasteiger partial charge >= 0.3 is 0 Å². The lowest BCUT2D eigenvalue weighted by atomic mass is 10.1. The fraction of sp³-hybridized carbons (Fsp3) is 0.471. The third-order valence-corrected chi connectivity index (χ3v) is 6.13. The molecule has 0 radical (unpaired) electrons. The predicted octanol–water partition coefficient (Wildman–Crippen LogP) is 4.22. The van der Waals surface area contributed by atoms with Crippen LogP contribution in [0.25, 0.3) is 0 Å². The van der Waals surface area contributed by atoms with Crippen LogP contribution in [-0.4, -0.2) is 17.3 Å². The maximum Gasteiger partial charge on any atom is 0.0471 e. The van der Waals surface area contributed by atoms with Crippen LogP contribution in [0.5, 0.6) is 0 Å². The van der Waals surface area contributed by atoms with Crippen molar-refractivity contribution in [2.75, 3.05) is 12.3 Å². The number of aryl methyl sites for hydroxylation is 1. The number of nitrogens with one attached hydrogen (secondary N) is 1. The SMILES string of the molecule is CCCNC(Cc1ccccn1)c1cc2c(s1)CCSC2. The summed E-state index contributed by atoms with van der Waals surface area (Å²) >= 11 is 4.07. The number of thiophene rings is 1. The van der Waals surface area contributed by atoms with Gasteiger partial charge in [0, 0.05) is 39.9 Å². The first-order chi connectivity index (χ1) is 10.4. The molecule has 1 N–H and O–H groups in total. The Balaban J connectivity index is 1.79. The minimum absolute atomic E-state index is 0.403. The van der Waals surface area contributed by atoms with E-state index in [0.29, 0.717) is 6.04 Å². The predicted molar refractivity (Wildman–Crippen MR) is 93.2 cm³/mol. The summed E-state index contributed by atoms with van der Waals surface area (Å²) in [4.78, 5) is 7.59. The first-order valence-electron chi connectivity index (χ1n) is 7.69. The summed E-state index contributed by atoms with van der Waals surface area (Å²) in [5.74, 6) is 2.47. The topological polar surface area (TPSA) is 24.9 Å². The summed E-state index contributed by atoms with van der Waals surface area (Å²) in [5.41, 5.74) is 2.74. The van der Waals surface area contributed by atoms with Crippen molar-refractivity contribution in [1.82, 2.24) is 10.3 Å². The number of thioether (sulfide) groups is 1. The van der Waals surface area contributed by atoms with Crippen molar-refractivity contribution in [2.45, 2.75) is 38.0 Å². The zero-order valence-electron chi connectivity index (χ0n) is 12.5. The third kappa shape index (κ3) is 3.87. The molecular formula is C17H22N2S2. The van der Waals surface area contributed by atoms with Crippen LogP contribution < -0.4 is 5.32 Å². The summed E-state index contributed by atoms with van der Waals surface area (Å²) in [5, 5.41) is 3.71. The van der Waals surface area contributed by atoms with Gasteiger partial charge in [0.15, 0.2) is 0 Å². The van der Waals surface area contributed by atoms with Gasteiger partial charge in [-0.05, 0) is 48.9 Å². The first kappa shape index (κ1) is 15.1. The molecule has 2 aromatic rings. The molecule has 0 aromatic carbocycles. The summed E-state index contributed by atoms with van der Waals surface area (Å²) < 4.78 is 0. The van der Waals surface area contributed by atoms with Crippen LogP contribution >= 0.6 is 23.1 Å². The second kappa shape index (κ2) is 7.43. The van der Waals surface area contributed by atoms with Crippen molar-refractivity contribution in [3.8, 4) is 0 Å². The molecule has 2 nitrogen and oxygen atoms in total. The number of aromatic nitrogens is 1. The molecule has 112 valence electrons. The zero-order chi connectivity index (χ0) is 14.5. The first-order valence-corrected chi connectivity index (χ1v) is 9.66. The van der Waals surface area contributed by atoms with E-state index in [-0.39, 0.29) is 0 Å². The van der Waals surface area contributed by atoms with E-state index >= 15 is 0 Å². The van der Waals surface area contributed by atoms with Crippen molar-refractivity contribution in [3.63, 3.8) is 0 Å². The van der Waals surface area contributed by atoms with Gasteiger partial charge < -0.3 is 5.32 Å². The van der Waals surface area contributed by atoms with Gasteiger partial charge in [-0.2, -0.15) is 11.8 Å². The van der Waals surface area contributed by atoms with Crippen LogP contribution in [0.3, 0.4) is 0 Å². The maximum atomic E-state index is 4.49. The molecule has 0 spiro atoms. The minimum atomic E-state index is 0.403. The molecule has 0 saturated carbocycles. The highest BCUT2D eigenvalue weighted by Gasteiger charge is 2.19. The van der Waals surface area contributed by atoms with E-state index in [0.717, 1.165) is 13.0 Å². The van der Waals surface area contributed by atoms with Crippen molar-refractivity contribution < 1.29 is 0 Å². The molecule has 3 heterocycles. The molecule has 1 atom stereocenters. The van der Waals surface area contributed by atoms with Crippen LogP contribution in [0, 0.1) is 0 Å². The molecule has 1 aliphatic rings. The highest BCUT2D eigenvalue weighted by molar-refractivity contribution is 7.98. The molecule has 0 aliphatic carbocycles. The molecule has 3 rings (SSSR count). The maximum absolute atomic E-state index is 4.49. The van der Waals surface area contributed by atoms with E-state index in [2.05, 4.69) is 47.2 Å². The van der Waals surface area contributed by atoms with Gasteiger partial charge in [-0.3, -0.25) is 4.98 Å². The summed E-state index contributed by atoms with van der Waals surface area (Å²) in [7, 11) is 0. The molecule has 4 heteroatoms. The quantitative estimate of drug-likeness (QED) is 0.863. The van der Waals surface area contributed by atoms with Gasteiger partial charge in [0.2, 0.25) is 0 Å². The van der Waals surface area contributed by atoms with Gasteiger partial charge in [0.05, 0.1) is 0 Å². The molecular weight excluding hydrogens is 296 g/mol. The van der Waals surface area contributed by atoms with E-state index in [9.17, 15) is 0 Å². The van der Waals surface area contributed by atoms with Crippen LogP contribution in [0.4, 0.5) is 0 Å². The van der Waals surface area contributed by atoms with Gasteiger partial charge in [-0.1, -0.05) is 13.0 Å². The largest absolute Gasteiger partial charge is 0.309 e. The number of nitrogens with zero attached hydrogens (tertiary/aromatic N) is 1. The number of rotatable bonds is 6. The summed E-state index contributed by atoms with van der Waals surface area (Å²) in [6, 6.07) is 9.03. The third-order valence-electron chi connectivity index (χ3n) is 3.77. The molecule has 0 fully saturated rings. The summed E-state index contributed by atoms with van der Waals surface area (Å²) in [6.45, 7) is 3.29. The summed E-state index contributed by atoms with van der Waals surface area (Å²) in [6.07, 6.45) is 5.28. The molecule has 0 saturated heterocycles. The lowest BCUT2D eigenvalue weighted by Gasteiger charge is -2.16. The van der Waals surface area contributed by atoms with Gasteiger partial charge in [0.1, 0.15) is 0 Å². The lowest BCUT2D eigenvalue weighted by molar-refractivity contribution is 0.531. The Hall–Kier alpha value is -0.840. The van der Waals surface area contributed by atoms with E-state index in [1.54, 1.807) is 10.4 Å². The van der Waals surface area contributed by atoms with E-state index in [1.807, 2.05) is 23.6 Å². The number of pyridine rings is 1. The van der Waals surface area contributed by atoms with Crippen LogP contribution in [0.1, 0.15) is 40.4 Å². The highest BCUT2D eigenvalue weighted by Crippen LogP contribution is 2.35. The molecule has 1 unspecified atom stereocenters. The van der Waals surface area contributed by atoms with Gasteiger partial charge in [0.25, 0.3) is 0 Å². The second-order valence-electron chi connectivity index (χ2n) is 5.43. The normalized spacial score (nSPS) is 15.7. The van der Waals surface area contributed by atoms with Crippen molar-refractivity contribution in [3.05, 3.63) is 51.5 Å². The molecule has 0 amide bonds. The smallest absolute Gasteiger partial charge is 0.0471 e. The molecule has 2 aromatic heterocycles. The molecule has 0 bridgehead atoms. The highest BCUT2D eigenvalue weighted by atomic mass is 32.2. The average molecular weight is 319 g/mol. The van der Waals surface area contributed by atoms with Crippen molar-refractivity contribution in [2.24, 2.45) is 0 Å². The average Bonchev–Trinajstić information content (AvgIpc) is 2.96. The Kier molecular flexibility index (Phi) is 5.33. The van der Waals surface area contributed by atoms with Gasteiger partial charge in [-0.25, -0.2) is 0 Å². The number of hydrogen-bond donors (Lipinski definition) is 1. The van der Waals surface area contributed by atoms with Crippen LogP contribution in [0.15, 0.2) is 30.5 Å². The van der Waals surface area contributed by atoms with Gasteiger partial charge in [-0.15, -0.1) is 11.3 Å². The van der Waals surface area contributed by atoms with E-state index in [4.69, 9.17) is 0 Å². The van der Waals surface area contributed by atoms with E-state index in [1.165, 1.54) is 34.9 Å². The minimum Gasteiger partial charge on any atom is -0.309 e. The van der Waals surface area contributed by atoms with Crippen LogP contribution in [-0.2, 0) is 18.6 Å². The Morgan fingerprint density at radius 1 is 1.38 bits per heavy atom. The standard InChI is InChI=1S/C17H22N2S2/c1-2-7-19-15(11-14-5-3-4-8-18-14)17-10-13-12-20-9-6-16(13)21-17/h3-5,8,10,15,19H,2,6-7,9,11-12H2,1H3. The van der Waals surface area contributed by atoms with Crippen molar-refractivity contribution in [1.29, 1.82) is 0 Å². The Morgan fingerprint density at radius 3 is 3.10 bits per heavy atom. The monoisotopic (exact) mass is 318 g/mol. The Bertz CT molecular complexity index is 542. The molecule has 21 heavy (non-hydrogen) atoms. The number of hydrogen-bond acceptors (Lipinski definition) is 4. The lowest BCUT2D eigenvalue weighted by Crippen LogP contribution is -2.23. The van der Waals surface area contributed by atoms with Crippen LogP contribution in [0.2, 0.25) is 0 Å². The van der Waals surface area contributed by atoms with E-state index < -0.39 is 0 Å². The van der Waals surface area contributed by atoms with Crippen molar-refractivity contribution >= 4 is 23.1 Å². The number of fused-ring (bicyclic) bond motifs is 1. The fourth-order valence-corrected chi connectivity index (χ4v) is 5.11. The second-order valence-corrected chi connectivity index (χ2v) is 7.71. The Labute approximate surface area is 135 Å². The molecule has 1 aliphatic heterocycles. The Morgan fingerprint density at radius 2 is 2.33 bits per heavy atom. The zero-order valence-corrected chi connectivity index (χ0v) is 14.1.